The number of hydrogen-bond acceptors (Lipinski definition) is 3. The molecule has 96 valence electrons. The Balaban J connectivity index is 2.05. The number of H-pyrrole nitrogens is 1. The Labute approximate surface area is 110 Å². The third kappa shape index (κ3) is 1.66. The molecule has 2 heterocycles. The quantitative estimate of drug-likeness (QED) is 0.832. The molecule has 3 rings (SSSR count). The number of aromatic nitrogens is 2. The predicted molar refractivity (Wildman–Crippen MR) is 68.7 cm³/mol. The van der Waals surface area contributed by atoms with E-state index in [2.05, 4.69) is 10.2 Å². The number of fused-ring (bicyclic) bond motifs is 1. The smallest absolute Gasteiger partial charge is 0.262 e. The molecule has 0 saturated heterocycles. The van der Waals surface area contributed by atoms with E-state index in [1.54, 1.807) is 12.3 Å². The first-order valence-corrected chi connectivity index (χ1v) is 6.04. The van der Waals surface area contributed by atoms with Crippen LogP contribution in [0.2, 0.25) is 0 Å². The molecule has 1 aromatic carbocycles. The van der Waals surface area contributed by atoms with Crippen molar-refractivity contribution in [3.8, 4) is 0 Å². The van der Waals surface area contributed by atoms with Crippen LogP contribution in [0.15, 0.2) is 24.4 Å². The molecule has 1 N–H and O–H groups in total. The molecule has 2 aromatic rings. The van der Waals surface area contributed by atoms with Crippen LogP contribution >= 0.6 is 0 Å². The molecule has 19 heavy (non-hydrogen) atoms. The Hall–Kier alpha value is -2.43. The number of rotatable bonds is 2. The Bertz CT molecular complexity index is 633. The van der Waals surface area contributed by atoms with Crippen molar-refractivity contribution in [3.05, 3.63) is 52.3 Å². The van der Waals surface area contributed by atoms with Gasteiger partial charge in [0.15, 0.2) is 0 Å². The Morgan fingerprint density at radius 2 is 1.63 bits per heavy atom. The van der Waals surface area contributed by atoms with Crippen LogP contribution in [0.1, 0.15) is 37.5 Å². The molecule has 0 unspecified atom stereocenters. The van der Waals surface area contributed by atoms with E-state index in [0.717, 1.165) is 16.8 Å². The second-order valence-electron chi connectivity index (χ2n) is 4.73. The van der Waals surface area contributed by atoms with Crippen molar-refractivity contribution in [2.45, 2.75) is 20.4 Å². The van der Waals surface area contributed by atoms with Gasteiger partial charge in [0.25, 0.3) is 11.8 Å². The maximum Gasteiger partial charge on any atom is 0.262 e. The number of carbonyl (C=O) groups excluding carboxylic acids is 2. The minimum absolute atomic E-state index is 0.226. The first-order chi connectivity index (χ1) is 9.09. The molecule has 1 aliphatic heterocycles. The molecule has 2 amide bonds. The molecule has 5 heteroatoms. The van der Waals surface area contributed by atoms with Crippen LogP contribution in [0.4, 0.5) is 0 Å². The minimum atomic E-state index is -0.226. The Morgan fingerprint density at radius 3 is 2.11 bits per heavy atom. The van der Waals surface area contributed by atoms with Crippen molar-refractivity contribution in [1.82, 2.24) is 15.1 Å². The summed E-state index contributed by atoms with van der Waals surface area (Å²) in [6.07, 6.45) is 1.60. The van der Waals surface area contributed by atoms with Gasteiger partial charge in [-0.1, -0.05) is 12.1 Å². The average molecular weight is 255 g/mol. The molecular weight excluding hydrogens is 242 g/mol. The summed E-state index contributed by atoms with van der Waals surface area (Å²) in [5.74, 6) is -0.452. The lowest BCUT2D eigenvalue weighted by Crippen LogP contribution is -2.29. The van der Waals surface area contributed by atoms with E-state index in [9.17, 15) is 9.59 Å². The molecule has 1 aromatic heterocycles. The Kier molecular flexibility index (Phi) is 2.48. The van der Waals surface area contributed by atoms with Gasteiger partial charge in [0.1, 0.15) is 0 Å². The van der Waals surface area contributed by atoms with Crippen LogP contribution in [0, 0.1) is 13.8 Å². The van der Waals surface area contributed by atoms with Gasteiger partial charge >= 0.3 is 0 Å². The normalized spacial score (nSPS) is 14.1. The summed E-state index contributed by atoms with van der Waals surface area (Å²) < 4.78 is 0. The fourth-order valence-electron chi connectivity index (χ4n) is 2.41. The molecule has 0 atom stereocenters. The van der Waals surface area contributed by atoms with Crippen molar-refractivity contribution in [2.75, 3.05) is 0 Å². The first kappa shape index (κ1) is 11.6. The molecule has 0 fully saturated rings. The summed E-state index contributed by atoms with van der Waals surface area (Å²) in [5, 5.41) is 6.59. The van der Waals surface area contributed by atoms with E-state index >= 15 is 0 Å². The molecule has 1 aliphatic rings. The monoisotopic (exact) mass is 255 g/mol. The van der Waals surface area contributed by atoms with Crippen molar-refractivity contribution >= 4 is 11.8 Å². The number of carbonyl (C=O) groups is 2. The van der Waals surface area contributed by atoms with Gasteiger partial charge in [0.2, 0.25) is 0 Å². The van der Waals surface area contributed by atoms with E-state index in [-0.39, 0.29) is 18.4 Å². The summed E-state index contributed by atoms with van der Waals surface area (Å²) in [6, 6.07) is 5.50. The second kappa shape index (κ2) is 4.05. The summed E-state index contributed by atoms with van der Waals surface area (Å²) in [5.41, 5.74) is 3.48. The number of nitrogens with zero attached hydrogens (tertiary/aromatic N) is 2. The number of imide groups is 1. The van der Waals surface area contributed by atoms with E-state index in [0.29, 0.717) is 11.1 Å². The minimum Gasteiger partial charge on any atom is -0.281 e. The van der Waals surface area contributed by atoms with Gasteiger partial charge in [-0.2, -0.15) is 5.10 Å². The van der Waals surface area contributed by atoms with E-state index in [4.69, 9.17) is 0 Å². The van der Waals surface area contributed by atoms with Crippen molar-refractivity contribution in [1.29, 1.82) is 0 Å². The largest absolute Gasteiger partial charge is 0.281 e. The highest BCUT2D eigenvalue weighted by atomic mass is 16.2. The topological polar surface area (TPSA) is 66.1 Å². The lowest BCUT2D eigenvalue weighted by atomic mass is 9.99. The van der Waals surface area contributed by atoms with Gasteiger partial charge in [-0.15, -0.1) is 0 Å². The third-order valence-electron chi connectivity index (χ3n) is 3.43. The fourth-order valence-corrected chi connectivity index (χ4v) is 2.41. The first-order valence-electron chi connectivity index (χ1n) is 6.04. The zero-order chi connectivity index (χ0) is 13.6. The third-order valence-corrected chi connectivity index (χ3v) is 3.43. The lowest BCUT2D eigenvalue weighted by Gasteiger charge is -2.12. The zero-order valence-corrected chi connectivity index (χ0v) is 10.7. The fraction of sp³-hybridized carbons (Fsp3) is 0.214. The number of amides is 2. The average Bonchev–Trinajstić information content (AvgIpc) is 2.97. The van der Waals surface area contributed by atoms with Crippen molar-refractivity contribution in [3.63, 3.8) is 0 Å². The maximum atomic E-state index is 12.4. The van der Waals surface area contributed by atoms with Gasteiger partial charge in [0, 0.05) is 6.20 Å². The molecule has 0 bridgehead atoms. The van der Waals surface area contributed by atoms with Crippen LogP contribution < -0.4 is 0 Å². The number of nitrogens with one attached hydrogen (secondary N) is 1. The SMILES string of the molecule is Cc1ccc(C)c2c1C(=O)N(Cc1ccn[nH]1)C2=O. The van der Waals surface area contributed by atoms with Crippen LogP contribution in [-0.4, -0.2) is 26.9 Å². The highest BCUT2D eigenvalue weighted by Crippen LogP contribution is 2.29. The molecule has 0 spiro atoms. The van der Waals surface area contributed by atoms with Crippen molar-refractivity contribution < 1.29 is 9.59 Å². The molecule has 0 radical (unpaired) electrons. The number of hydrogen-bond donors (Lipinski definition) is 1. The van der Waals surface area contributed by atoms with Crippen LogP contribution in [0.25, 0.3) is 0 Å². The highest BCUT2D eigenvalue weighted by Gasteiger charge is 2.37. The summed E-state index contributed by atoms with van der Waals surface area (Å²) >= 11 is 0. The number of benzene rings is 1. The standard InChI is InChI=1S/C14H13N3O2/c1-8-3-4-9(2)12-11(8)13(18)17(14(12)19)7-10-5-6-15-16-10/h3-6H,7H2,1-2H3,(H,15,16). The van der Waals surface area contributed by atoms with Gasteiger partial charge < -0.3 is 0 Å². The Morgan fingerprint density at radius 1 is 1.05 bits per heavy atom. The molecule has 0 aliphatic carbocycles. The van der Waals surface area contributed by atoms with Gasteiger partial charge in [-0.25, -0.2) is 0 Å². The lowest BCUT2D eigenvalue weighted by molar-refractivity contribution is 0.0640. The van der Waals surface area contributed by atoms with Gasteiger partial charge in [-0.05, 0) is 31.0 Å². The van der Waals surface area contributed by atoms with Gasteiger partial charge in [0.05, 0.1) is 23.4 Å². The second-order valence-corrected chi connectivity index (χ2v) is 4.73. The zero-order valence-electron chi connectivity index (χ0n) is 10.7. The van der Waals surface area contributed by atoms with Crippen molar-refractivity contribution in [2.24, 2.45) is 0 Å². The van der Waals surface area contributed by atoms with Crippen LogP contribution in [0.5, 0.6) is 0 Å². The van der Waals surface area contributed by atoms with E-state index in [1.807, 2.05) is 26.0 Å². The van der Waals surface area contributed by atoms with E-state index < -0.39 is 0 Å². The number of aromatic amines is 1. The van der Waals surface area contributed by atoms with Gasteiger partial charge in [-0.3, -0.25) is 19.6 Å². The summed E-state index contributed by atoms with van der Waals surface area (Å²) in [7, 11) is 0. The molecular formula is C14H13N3O2. The van der Waals surface area contributed by atoms with Crippen LogP contribution in [0.3, 0.4) is 0 Å². The maximum absolute atomic E-state index is 12.4. The highest BCUT2D eigenvalue weighted by molar-refractivity contribution is 6.22. The predicted octanol–water partition coefficient (Wildman–Crippen LogP) is 1.82. The molecule has 0 saturated carbocycles. The summed E-state index contributed by atoms with van der Waals surface area (Å²) in [6.45, 7) is 3.93. The summed E-state index contributed by atoms with van der Waals surface area (Å²) in [4.78, 5) is 26.0. The van der Waals surface area contributed by atoms with Crippen LogP contribution in [-0.2, 0) is 6.54 Å². The van der Waals surface area contributed by atoms with E-state index in [1.165, 1.54) is 4.90 Å². The molecule has 5 nitrogen and oxygen atoms in total. The number of aryl methyl sites for hydroxylation is 2.